The molecule has 92 valence electrons. The molecular weight excluding hydrogens is 226 g/mol. The Morgan fingerprint density at radius 2 is 2.00 bits per heavy atom. The van der Waals surface area contributed by atoms with Gasteiger partial charge in [-0.15, -0.1) is 0 Å². The van der Waals surface area contributed by atoms with E-state index in [9.17, 15) is 0 Å². The first kappa shape index (κ1) is 12.6. The van der Waals surface area contributed by atoms with Crippen molar-refractivity contribution in [3.05, 3.63) is 35.4 Å². The van der Waals surface area contributed by atoms with Crippen LogP contribution in [0, 0.1) is 23.2 Å². The van der Waals surface area contributed by atoms with Crippen molar-refractivity contribution in [3.63, 3.8) is 0 Å². The molecule has 1 fully saturated rings. The highest BCUT2D eigenvalue weighted by Gasteiger charge is 2.12. The number of hydrogen-bond donors (Lipinski definition) is 0. The quantitative estimate of drug-likeness (QED) is 0.747. The van der Waals surface area contributed by atoms with Crippen molar-refractivity contribution >= 4 is 0 Å². The third-order valence-corrected chi connectivity index (χ3v) is 2.73. The zero-order valence-corrected chi connectivity index (χ0v) is 10.2. The van der Waals surface area contributed by atoms with E-state index < -0.39 is 0 Å². The molecule has 1 aromatic rings. The number of nitriles is 1. The third-order valence-electron chi connectivity index (χ3n) is 2.73. The first-order valence-electron chi connectivity index (χ1n) is 6.11. The maximum atomic E-state index is 8.67. The van der Waals surface area contributed by atoms with Crippen molar-refractivity contribution in [2.24, 2.45) is 0 Å². The van der Waals surface area contributed by atoms with Gasteiger partial charge >= 0.3 is 0 Å². The van der Waals surface area contributed by atoms with Crippen LogP contribution in [0.4, 0.5) is 0 Å². The minimum atomic E-state index is -0.0889. The lowest BCUT2D eigenvalue weighted by Crippen LogP contribution is -2.22. The second kappa shape index (κ2) is 6.81. The number of benzene rings is 1. The van der Waals surface area contributed by atoms with Gasteiger partial charge in [-0.3, -0.25) is 0 Å². The largest absolute Gasteiger partial charge is 0.353 e. The summed E-state index contributed by atoms with van der Waals surface area (Å²) in [7, 11) is 0. The Morgan fingerprint density at radius 3 is 2.67 bits per heavy atom. The molecule has 2 rings (SSSR count). The topological polar surface area (TPSA) is 42.2 Å². The number of rotatable bonds is 2. The van der Waals surface area contributed by atoms with Crippen molar-refractivity contribution in [1.82, 2.24) is 0 Å². The Balaban J connectivity index is 1.78. The average Bonchev–Trinajstić information content (AvgIpc) is 2.45. The van der Waals surface area contributed by atoms with E-state index in [1.165, 1.54) is 0 Å². The molecule has 1 unspecified atom stereocenters. The normalized spacial score (nSPS) is 18.5. The molecule has 1 heterocycles. The molecule has 1 saturated heterocycles. The lowest BCUT2D eigenvalue weighted by Gasteiger charge is -2.21. The Bertz CT molecular complexity index is 470. The Hall–Kier alpha value is -1.81. The summed E-state index contributed by atoms with van der Waals surface area (Å²) in [4.78, 5) is 0. The van der Waals surface area contributed by atoms with E-state index in [0.29, 0.717) is 12.2 Å². The van der Waals surface area contributed by atoms with Crippen LogP contribution in [-0.4, -0.2) is 19.5 Å². The van der Waals surface area contributed by atoms with Crippen molar-refractivity contribution in [3.8, 4) is 17.9 Å². The summed E-state index contributed by atoms with van der Waals surface area (Å²) in [6.45, 7) is 1.17. The van der Waals surface area contributed by atoms with E-state index in [-0.39, 0.29) is 6.29 Å². The van der Waals surface area contributed by atoms with E-state index in [1.54, 1.807) is 12.1 Å². The van der Waals surface area contributed by atoms with Crippen molar-refractivity contribution in [1.29, 1.82) is 5.26 Å². The molecule has 18 heavy (non-hydrogen) atoms. The van der Waals surface area contributed by atoms with Crippen LogP contribution in [-0.2, 0) is 9.47 Å². The standard InChI is InChI=1S/C15H15NO2/c16-12-14-8-6-13(7-9-14)4-3-11-18-15-5-1-2-10-17-15/h6-9,15H,1-2,5,10-11H2. The van der Waals surface area contributed by atoms with Gasteiger partial charge in [0.25, 0.3) is 0 Å². The lowest BCUT2D eigenvalue weighted by atomic mass is 10.1. The molecule has 0 amide bonds. The van der Waals surface area contributed by atoms with E-state index >= 15 is 0 Å². The van der Waals surface area contributed by atoms with Crippen LogP contribution in [0.3, 0.4) is 0 Å². The van der Waals surface area contributed by atoms with Gasteiger partial charge < -0.3 is 9.47 Å². The lowest BCUT2D eigenvalue weighted by molar-refractivity contribution is -0.154. The van der Waals surface area contributed by atoms with E-state index in [4.69, 9.17) is 14.7 Å². The van der Waals surface area contributed by atoms with E-state index in [1.807, 2.05) is 12.1 Å². The second-order valence-electron chi connectivity index (χ2n) is 4.10. The fraction of sp³-hybridized carbons (Fsp3) is 0.400. The van der Waals surface area contributed by atoms with Gasteiger partial charge in [0.15, 0.2) is 6.29 Å². The van der Waals surface area contributed by atoms with Gasteiger partial charge in [0.1, 0.15) is 6.61 Å². The minimum absolute atomic E-state index is 0.0889. The summed E-state index contributed by atoms with van der Waals surface area (Å²) in [6, 6.07) is 9.27. The molecule has 3 heteroatoms. The van der Waals surface area contributed by atoms with Crippen LogP contribution in [0.25, 0.3) is 0 Å². The fourth-order valence-corrected chi connectivity index (χ4v) is 1.74. The Labute approximate surface area is 107 Å². The Morgan fingerprint density at radius 1 is 1.22 bits per heavy atom. The first-order chi connectivity index (χ1) is 8.88. The first-order valence-corrected chi connectivity index (χ1v) is 6.11. The highest BCUT2D eigenvalue weighted by Crippen LogP contribution is 2.13. The van der Waals surface area contributed by atoms with Crippen molar-refractivity contribution < 1.29 is 9.47 Å². The molecule has 0 aliphatic carbocycles. The van der Waals surface area contributed by atoms with Gasteiger partial charge in [0, 0.05) is 12.2 Å². The van der Waals surface area contributed by atoms with Gasteiger partial charge in [0.2, 0.25) is 0 Å². The van der Waals surface area contributed by atoms with Gasteiger partial charge in [-0.05, 0) is 43.5 Å². The molecule has 0 bridgehead atoms. The summed E-state index contributed by atoms with van der Waals surface area (Å²) in [5.41, 5.74) is 1.54. The number of hydrogen-bond acceptors (Lipinski definition) is 3. The molecule has 3 nitrogen and oxygen atoms in total. The molecule has 1 aliphatic heterocycles. The van der Waals surface area contributed by atoms with Gasteiger partial charge in [-0.1, -0.05) is 11.8 Å². The summed E-state index contributed by atoms with van der Waals surface area (Å²) in [5.74, 6) is 5.95. The number of nitrogens with zero attached hydrogens (tertiary/aromatic N) is 1. The summed E-state index contributed by atoms with van der Waals surface area (Å²) in [5, 5.41) is 8.67. The highest BCUT2D eigenvalue weighted by molar-refractivity contribution is 5.39. The second-order valence-corrected chi connectivity index (χ2v) is 4.10. The highest BCUT2D eigenvalue weighted by atomic mass is 16.7. The number of ether oxygens (including phenoxy) is 2. The maximum Gasteiger partial charge on any atom is 0.158 e. The molecule has 0 radical (unpaired) electrons. The van der Waals surface area contributed by atoms with Crippen molar-refractivity contribution in [2.45, 2.75) is 25.6 Å². The summed E-state index contributed by atoms with van der Waals surface area (Å²) < 4.78 is 10.9. The molecule has 0 saturated carbocycles. The maximum absolute atomic E-state index is 8.67. The SMILES string of the molecule is N#Cc1ccc(C#CCOC2CCCCO2)cc1. The van der Waals surface area contributed by atoms with Crippen LogP contribution in [0.15, 0.2) is 24.3 Å². The fourth-order valence-electron chi connectivity index (χ4n) is 1.74. The molecule has 0 spiro atoms. The van der Waals surface area contributed by atoms with Gasteiger partial charge in [-0.25, -0.2) is 0 Å². The van der Waals surface area contributed by atoms with Gasteiger partial charge in [0.05, 0.1) is 11.6 Å². The third kappa shape index (κ3) is 3.89. The average molecular weight is 241 g/mol. The zero-order chi connectivity index (χ0) is 12.6. The molecule has 1 aromatic carbocycles. The predicted octanol–water partition coefficient (Wildman–Crippen LogP) is 2.45. The van der Waals surface area contributed by atoms with E-state index in [0.717, 1.165) is 31.4 Å². The molecule has 1 atom stereocenters. The minimum Gasteiger partial charge on any atom is -0.353 e. The van der Waals surface area contributed by atoms with Crippen LogP contribution in [0.2, 0.25) is 0 Å². The monoisotopic (exact) mass is 241 g/mol. The van der Waals surface area contributed by atoms with Gasteiger partial charge in [-0.2, -0.15) is 5.26 Å². The van der Waals surface area contributed by atoms with Crippen LogP contribution in [0.1, 0.15) is 30.4 Å². The summed E-state index contributed by atoms with van der Waals surface area (Å²) >= 11 is 0. The zero-order valence-electron chi connectivity index (χ0n) is 10.2. The molecule has 0 aromatic heterocycles. The van der Waals surface area contributed by atoms with E-state index in [2.05, 4.69) is 17.9 Å². The van der Waals surface area contributed by atoms with Crippen LogP contribution >= 0.6 is 0 Å². The predicted molar refractivity (Wildman–Crippen MR) is 67.6 cm³/mol. The van der Waals surface area contributed by atoms with Crippen LogP contribution < -0.4 is 0 Å². The van der Waals surface area contributed by atoms with Crippen molar-refractivity contribution in [2.75, 3.05) is 13.2 Å². The van der Waals surface area contributed by atoms with Crippen LogP contribution in [0.5, 0.6) is 0 Å². The molecular formula is C15H15NO2. The smallest absolute Gasteiger partial charge is 0.158 e. The molecule has 1 aliphatic rings. The molecule has 0 N–H and O–H groups in total. The summed E-state index contributed by atoms with van der Waals surface area (Å²) in [6.07, 6.45) is 3.15. The Kier molecular flexibility index (Phi) is 4.78.